The largest absolute Gasteiger partial charge is 1.00 e. The smallest absolute Gasteiger partial charge is 0.550 e. The average molecular weight is 238 g/mol. The molecule has 0 rings (SSSR count). The van der Waals surface area contributed by atoms with Crippen LogP contribution in [0, 0.1) is 5.92 Å². The molecule has 0 spiro atoms. The Morgan fingerprint density at radius 1 is 1.00 bits per heavy atom. The number of rotatable bonds is 9. The van der Waals surface area contributed by atoms with Gasteiger partial charge in [0.1, 0.15) is 0 Å². The normalized spacial score (nSPS) is 10.1. The average Bonchev–Trinajstić information content (AvgIpc) is 2.08. The van der Waals surface area contributed by atoms with Crippen molar-refractivity contribution in [3.8, 4) is 0 Å². The summed E-state index contributed by atoms with van der Waals surface area (Å²) in [6.45, 7) is 4.50. The quantitative estimate of drug-likeness (QED) is 0.402. The number of carbonyl (C=O) groups excluding carboxylic acids is 1. The molecule has 0 aromatic carbocycles. The maximum atomic E-state index is 10.1. The van der Waals surface area contributed by atoms with Gasteiger partial charge >= 0.3 is 51.4 Å². The fourth-order valence-corrected chi connectivity index (χ4v) is 1.53. The molecule has 0 bridgehead atoms. The molecule has 0 aliphatic rings. The van der Waals surface area contributed by atoms with E-state index in [-0.39, 0.29) is 57.8 Å². The first kappa shape index (κ1) is 18.5. The third-order valence-corrected chi connectivity index (χ3v) is 2.41. The van der Waals surface area contributed by atoms with Gasteiger partial charge < -0.3 is 9.90 Å². The molecule has 3 heteroatoms. The van der Waals surface area contributed by atoms with Crippen molar-refractivity contribution in [1.82, 2.24) is 0 Å². The van der Waals surface area contributed by atoms with Crippen LogP contribution in [0.1, 0.15) is 65.2 Å². The van der Waals surface area contributed by atoms with Crippen LogP contribution in [0.25, 0.3) is 0 Å². The van der Waals surface area contributed by atoms with E-state index in [1.807, 2.05) is 0 Å². The first-order valence-electron chi connectivity index (χ1n) is 5.82. The van der Waals surface area contributed by atoms with Crippen LogP contribution in [0.3, 0.4) is 0 Å². The molecule has 0 aliphatic heterocycles. The predicted octanol–water partition coefficient (Wildman–Crippen LogP) is -0.483. The van der Waals surface area contributed by atoms with Crippen molar-refractivity contribution in [1.29, 1.82) is 0 Å². The van der Waals surface area contributed by atoms with Gasteiger partial charge in [-0.1, -0.05) is 52.4 Å². The summed E-state index contributed by atoms with van der Waals surface area (Å²) in [5.41, 5.74) is 0. The van der Waals surface area contributed by atoms with E-state index >= 15 is 0 Å². The van der Waals surface area contributed by atoms with Gasteiger partial charge in [-0.05, 0) is 18.8 Å². The van der Waals surface area contributed by atoms with Crippen molar-refractivity contribution >= 4 is 5.97 Å². The van der Waals surface area contributed by atoms with E-state index in [0.29, 0.717) is 0 Å². The molecule has 0 aliphatic carbocycles. The third kappa shape index (κ3) is 17.7. The molecule has 0 amide bonds. The number of hydrogen-bond acceptors (Lipinski definition) is 2. The Labute approximate surface area is 137 Å². The fraction of sp³-hybridized carbons (Fsp3) is 0.917. The van der Waals surface area contributed by atoms with E-state index in [2.05, 4.69) is 13.8 Å². The molecule has 15 heavy (non-hydrogen) atoms. The summed E-state index contributed by atoms with van der Waals surface area (Å²) in [6, 6.07) is 0. The second-order valence-corrected chi connectivity index (χ2v) is 4.43. The molecule has 84 valence electrons. The number of carboxylic acid groups (broad SMARTS) is 1. The van der Waals surface area contributed by atoms with Gasteiger partial charge in [0.25, 0.3) is 0 Å². The van der Waals surface area contributed by atoms with Crippen LogP contribution in [0.4, 0.5) is 0 Å². The zero-order valence-corrected chi connectivity index (χ0v) is 13.7. The van der Waals surface area contributed by atoms with Crippen molar-refractivity contribution < 1.29 is 61.3 Å². The second kappa shape index (κ2) is 13.2. The Morgan fingerprint density at radius 3 is 1.93 bits per heavy atom. The molecule has 0 aromatic heterocycles. The summed E-state index contributed by atoms with van der Waals surface area (Å²) < 4.78 is 0. The second-order valence-electron chi connectivity index (χ2n) is 4.43. The first-order valence-corrected chi connectivity index (χ1v) is 5.82. The first-order chi connectivity index (χ1) is 6.63. The van der Waals surface area contributed by atoms with Crippen molar-refractivity contribution in [3.63, 3.8) is 0 Å². The standard InChI is InChI=1S/C12H24O2.K/c1-11(2)9-7-5-3-4-6-8-10-12(13)14;/h11H,3-10H2,1-2H3,(H,13,14);/q;+1/p-1. The molecule has 0 aromatic rings. The van der Waals surface area contributed by atoms with E-state index < -0.39 is 5.97 Å². The minimum Gasteiger partial charge on any atom is -0.550 e. The summed E-state index contributed by atoms with van der Waals surface area (Å²) in [4.78, 5) is 10.1. The SMILES string of the molecule is CC(C)CCCCCCCCC(=O)[O-].[K+]. The van der Waals surface area contributed by atoms with Crippen LogP contribution in [0.15, 0.2) is 0 Å². The van der Waals surface area contributed by atoms with Gasteiger partial charge in [0.05, 0.1) is 0 Å². The molecule has 2 nitrogen and oxygen atoms in total. The summed E-state index contributed by atoms with van der Waals surface area (Å²) in [6.07, 6.45) is 8.40. The number of carboxylic acids is 1. The van der Waals surface area contributed by atoms with Crippen molar-refractivity contribution in [2.75, 3.05) is 0 Å². The number of carbonyl (C=O) groups is 1. The monoisotopic (exact) mass is 238 g/mol. The zero-order chi connectivity index (χ0) is 10.8. The zero-order valence-electron chi connectivity index (χ0n) is 10.6. The Morgan fingerprint density at radius 2 is 1.47 bits per heavy atom. The maximum Gasteiger partial charge on any atom is 1.00 e. The van der Waals surface area contributed by atoms with E-state index in [1.54, 1.807) is 0 Å². The molecule has 0 radical (unpaired) electrons. The Bertz CT molecular complexity index is 147. The van der Waals surface area contributed by atoms with Gasteiger partial charge in [-0.3, -0.25) is 0 Å². The fourth-order valence-electron chi connectivity index (χ4n) is 1.53. The summed E-state index contributed by atoms with van der Waals surface area (Å²) in [7, 11) is 0. The van der Waals surface area contributed by atoms with E-state index in [9.17, 15) is 9.90 Å². The summed E-state index contributed by atoms with van der Waals surface area (Å²) >= 11 is 0. The van der Waals surface area contributed by atoms with Gasteiger partial charge in [0, 0.05) is 5.97 Å². The molecule has 0 saturated heterocycles. The molecule has 0 atom stereocenters. The van der Waals surface area contributed by atoms with Crippen LogP contribution in [-0.4, -0.2) is 5.97 Å². The number of aliphatic carboxylic acids is 1. The summed E-state index contributed by atoms with van der Waals surface area (Å²) in [5.74, 6) is -0.0992. The number of unbranched alkanes of at least 4 members (excludes halogenated alkanes) is 5. The molecule has 0 unspecified atom stereocenters. The molecule has 0 heterocycles. The van der Waals surface area contributed by atoms with Crippen LogP contribution >= 0.6 is 0 Å². The molecular formula is C12H23KO2. The van der Waals surface area contributed by atoms with Gasteiger partial charge in [-0.2, -0.15) is 0 Å². The Hall–Kier alpha value is 1.11. The van der Waals surface area contributed by atoms with Crippen LogP contribution in [-0.2, 0) is 4.79 Å². The van der Waals surface area contributed by atoms with E-state index in [0.717, 1.165) is 18.8 Å². The topological polar surface area (TPSA) is 40.1 Å². The van der Waals surface area contributed by atoms with Gasteiger partial charge in [-0.15, -0.1) is 0 Å². The molecule has 0 N–H and O–H groups in total. The maximum absolute atomic E-state index is 10.1. The summed E-state index contributed by atoms with van der Waals surface area (Å²) in [5, 5.41) is 10.1. The van der Waals surface area contributed by atoms with E-state index in [4.69, 9.17) is 0 Å². The molecular weight excluding hydrogens is 215 g/mol. The predicted molar refractivity (Wildman–Crippen MR) is 56.8 cm³/mol. The Kier molecular flexibility index (Phi) is 16.2. The minimum absolute atomic E-state index is 0. The van der Waals surface area contributed by atoms with Gasteiger partial charge in [0.15, 0.2) is 0 Å². The number of hydrogen-bond donors (Lipinski definition) is 0. The van der Waals surface area contributed by atoms with Crippen LogP contribution < -0.4 is 56.5 Å². The van der Waals surface area contributed by atoms with Crippen molar-refractivity contribution in [2.45, 2.75) is 65.2 Å². The molecule has 0 fully saturated rings. The third-order valence-electron chi connectivity index (χ3n) is 2.41. The minimum atomic E-state index is -0.912. The van der Waals surface area contributed by atoms with Gasteiger partial charge in [-0.25, -0.2) is 0 Å². The van der Waals surface area contributed by atoms with E-state index in [1.165, 1.54) is 32.1 Å². The van der Waals surface area contributed by atoms with Gasteiger partial charge in [0.2, 0.25) is 0 Å². The van der Waals surface area contributed by atoms with Crippen molar-refractivity contribution in [2.24, 2.45) is 5.92 Å². The van der Waals surface area contributed by atoms with Crippen LogP contribution in [0.2, 0.25) is 0 Å². The molecule has 0 saturated carbocycles. The van der Waals surface area contributed by atoms with Crippen LogP contribution in [0.5, 0.6) is 0 Å². The Balaban J connectivity index is 0. The van der Waals surface area contributed by atoms with Crippen molar-refractivity contribution in [3.05, 3.63) is 0 Å².